The SMILES string of the molecule is CCNC(=NCC(C)(C)SC)N1CCC(C)CC1.I. The molecule has 0 aromatic carbocycles. The smallest absolute Gasteiger partial charge is 0.193 e. The summed E-state index contributed by atoms with van der Waals surface area (Å²) in [5.41, 5.74) is 0. The Morgan fingerprint density at radius 1 is 1.37 bits per heavy atom. The van der Waals surface area contributed by atoms with E-state index >= 15 is 0 Å². The summed E-state index contributed by atoms with van der Waals surface area (Å²) >= 11 is 1.88. The molecule has 19 heavy (non-hydrogen) atoms. The number of nitrogens with zero attached hydrogens (tertiary/aromatic N) is 2. The van der Waals surface area contributed by atoms with Crippen molar-refractivity contribution in [3.05, 3.63) is 0 Å². The van der Waals surface area contributed by atoms with Gasteiger partial charge in [-0.1, -0.05) is 6.92 Å². The van der Waals surface area contributed by atoms with E-state index in [9.17, 15) is 0 Å². The number of aliphatic imine (C=N–C) groups is 1. The molecular formula is C14H30IN3S. The van der Waals surface area contributed by atoms with Gasteiger partial charge < -0.3 is 10.2 Å². The van der Waals surface area contributed by atoms with Crippen LogP contribution in [0.4, 0.5) is 0 Å². The maximum atomic E-state index is 4.82. The molecule has 0 aromatic heterocycles. The van der Waals surface area contributed by atoms with Crippen LogP contribution in [0.5, 0.6) is 0 Å². The van der Waals surface area contributed by atoms with Crippen LogP contribution in [0, 0.1) is 5.92 Å². The molecule has 3 nitrogen and oxygen atoms in total. The molecule has 0 aromatic rings. The minimum atomic E-state index is 0. The highest BCUT2D eigenvalue weighted by atomic mass is 127. The zero-order valence-corrected chi connectivity index (χ0v) is 16.2. The van der Waals surface area contributed by atoms with Crippen molar-refractivity contribution in [3.8, 4) is 0 Å². The van der Waals surface area contributed by atoms with E-state index in [0.717, 1.165) is 38.1 Å². The van der Waals surface area contributed by atoms with Crippen LogP contribution < -0.4 is 5.32 Å². The summed E-state index contributed by atoms with van der Waals surface area (Å²) in [4.78, 5) is 7.23. The van der Waals surface area contributed by atoms with Gasteiger partial charge in [0, 0.05) is 24.4 Å². The van der Waals surface area contributed by atoms with Crippen LogP contribution in [0.3, 0.4) is 0 Å². The van der Waals surface area contributed by atoms with Crippen LogP contribution in [0.25, 0.3) is 0 Å². The molecule has 1 saturated heterocycles. The first-order valence-corrected chi connectivity index (χ1v) is 8.29. The second-order valence-corrected chi connectivity index (χ2v) is 7.32. The molecule has 1 heterocycles. The molecule has 0 unspecified atom stereocenters. The number of thioether (sulfide) groups is 1. The van der Waals surface area contributed by atoms with Gasteiger partial charge in [-0.2, -0.15) is 11.8 Å². The van der Waals surface area contributed by atoms with Crippen LogP contribution >= 0.6 is 35.7 Å². The number of likely N-dealkylation sites (tertiary alicyclic amines) is 1. The molecule has 1 aliphatic rings. The van der Waals surface area contributed by atoms with Crippen LogP contribution in [0.2, 0.25) is 0 Å². The Hall–Kier alpha value is 0.350. The summed E-state index contributed by atoms with van der Waals surface area (Å²) in [5, 5.41) is 3.43. The zero-order chi connectivity index (χ0) is 13.6. The highest BCUT2D eigenvalue weighted by Crippen LogP contribution is 2.22. The Kier molecular flexibility index (Phi) is 9.49. The van der Waals surface area contributed by atoms with E-state index in [2.05, 4.69) is 44.2 Å². The van der Waals surface area contributed by atoms with E-state index in [1.54, 1.807) is 0 Å². The second-order valence-electron chi connectivity index (χ2n) is 5.80. The number of halogens is 1. The van der Waals surface area contributed by atoms with Crippen LogP contribution in [-0.4, -0.2) is 48.0 Å². The molecule has 114 valence electrons. The van der Waals surface area contributed by atoms with E-state index < -0.39 is 0 Å². The summed E-state index contributed by atoms with van der Waals surface area (Å²) in [5.74, 6) is 1.97. The van der Waals surface area contributed by atoms with Crippen molar-refractivity contribution in [2.24, 2.45) is 10.9 Å². The Bertz CT molecular complexity index is 274. The third-order valence-electron chi connectivity index (χ3n) is 3.58. The van der Waals surface area contributed by atoms with E-state index in [4.69, 9.17) is 4.99 Å². The number of hydrogen-bond donors (Lipinski definition) is 1. The third-order valence-corrected chi connectivity index (χ3v) is 4.81. The van der Waals surface area contributed by atoms with Gasteiger partial charge in [-0.15, -0.1) is 24.0 Å². The van der Waals surface area contributed by atoms with Gasteiger partial charge in [0.25, 0.3) is 0 Å². The first kappa shape index (κ1) is 19.4. The van der Waals surface area contributed by atoms with Gasteiger partial charge in [-0.25, -0.2) is 0 Å². The van der Waals surface area contributed by atoms with Crippen molar-refractivity contribution in [1.29, 1.82) is 0 Å². The van der Waals surface area contributed by atoms with Gasteiger partial charge in [0.1, 0.15) is 0 Å². The fraction of sp³-hybridized carbons (Fsp3) is 0.929. The van der Waals surface area contributed by atoms with E-state index in [1.807, 2.05) is 11.8 Å². The van der Waals surface area contributed by atoms with Gasteiger partial charge >= 0.3 is 0 Å². The quantitative estimate of drug-likeness (QED) is 0.446. The lowest BCUT2D eigenvalue weighted by molar-refractivity contribution is 0.273. The van der Waals surface area contributed by atoms with Crippen LogP contribution in [0.15, 0.2) is 4.99 Å². The van der Waals surface area contributed by atoms with Gasteiger partial charge in [-0.05, 0) is 45.8 Å². The fourth-order valence-electron chi connectivity index (χ4n) is 1.98. The van der Waals surface area contributed by atoms with Gasteiger partial charge in [0.2, 0.25) is 0 Å². The predicted molar refractivity (Wildman–Crippen MR) is 99.0 cm³/mol. The summed E-state index contributed by atoms with van der Waals surface area (Å²) in [7, 11) is 0. The topological polar surface area (TPSA) is 27.6 Å². The molecule has 0 amide bonds. The highest BCUT2D eigenvalue weighted by molar-refractivity contribution is 14.0. The normalized spacial score (nSPS) is 18.2. The first-order valence-electron chi connectivity index (χ1n) is 7.07. The summed E-state index contributed by atoms with van der Waals surface area (Å²) in [6.07, 6.45) is 4.73. The molecule has 1 rings (SSSR count). The molecule has 5 heteroatoms. The molecule has 0 spiro atoms. The number of nitrogens with one attached hydrogen (secondary N) is 1. The van der Waals surface area contributed by atoms with Gasteiger partial charge in [0.05, 0.1) is 6.54 Å². The lowest BCUT2D eigenvalue weighted by atomic mass is 9.99. The molecule has 1 N–H and O–H groups in total. The van der Waals surface area contributed by atoms with Crippen molar-refractivity contribution in [3.63, 3.8) is 0 Å². The van der Waals surface area contributed by atoms with Crippen molar-refractivity contribution in [2.45, 2.75) is 45.3 Å². The maximum Gasteiger partial charge on any atom is 0.193 e. The van der Waals surface area contributed by atoms with Crippen LogP contribution in [-0.2, 0) is 0 Å². The fourth-order valence-corrected chi connectivity index (χ4v) is 2.17. The lowest BCUT2D eigenvalue weighted by Crippen LogP contribution is -2.45. The average Bonchev–Trinajstić information content (AvgIpc) is 2.36. The molecule has 0 atom stereocenters. The number of hydrogen-bond acceptors (Lipinski definition) is 2. The van der Waals surface area contributed by atoms with Gasteiger partial charge in [-0.3, -0.25) is 4.99 Å². The van der Waals surface area contributed by atoms with Crippen molar-refractivity contribution < 1.29 is 0 Å². The Labute approximate surface area is 140 Å². The zero-order valence-electron chi connectivity index (χ0n) is 13.0. The van der Waals surface area contributed by atoms with Gasteiger partial charge in [0.15, 0.2) is 5.96 Å². The van der Waals surface area contributed by atoms with Crippen molar-refractivity contribution >= 4 is 41.7 Å². The molecule has 0 aliphatic carbocycles. The molecule has 0 radical (unpaired) electrons. The number of rotatable bonds is 4. The molecule has 0 bridgehead atoms. The Balaban J connectivity index is 0.00000324. The lowest BCUT2D eigenvalue weighted by Gasteiger charge is -2.33. The Morgan fingerprint density at radius 2 is 1.95 bits per heavy atom. The molecule has 0 saturated carbocycles. The highest BCUT2D eigenvalue weighted by Gasteiger charge is 2.20. The van der Waals surface area contributed by atoms with Crippen LogP contribution in [0.1, 0.15) is 40.5 Å². The third kappa shape index (κ3) is 7.06. The van der Waals surface area contributed by atoms with E-state index in [0.29, 0.717) is 0 Å². The van der Waals surface area contributed by atoms with E-state index in [-0.39, 0.29) is 28.7 Å². The summed E-state index contributed by atoms with van der Waals surface area (Å²) in [6.45, 7) is 13.1. The molecular weight excluding hydrogens is 369 g/mol. The number of guanidine groups is 1. The van der Waals surface area contributed by atoms with Crippen molar-refractivity contribution in [1.82, 2.24) is 10.2 Å². The standard InChI is InChI=1S/C14H29N3S.HI/c1-6-15-13(16-11-14(3,4)18-5)17-9-7-12(2)8-10-17;/h12H,6-11H2,1-5H3,(H,15,16);1H. The minimum Gasteiger partial charge on any atom is -0.357 e. The van der Waals surface area contributed by atoms with E-state index in [1.165, 1.54) is 12.8 Å². The molecule has 1 aliphatic heterocycles. The largest absolute Gasteiger partial charge is 0.357 e. The second kappa shape index (κ2) is 9.32. The number of piperidine rings is 1. The minimum absolute atomic E-state index is 0. The van der Waals surface area contributed by atoms with Crippen molar-refractivity contribution in [2.75, 3.05) is 32.4 Å². The first-order chi connectivity index (χ1) is 8.48. The monoisotopic (exact) mass is 399 g/mol. The molecule has 1 fully saturated rings. The Morgan fingerprint density at radius 3 is 2.42 bits per heavy atom. The predicted octanol–water partition coefficient (Wildman–Crippen LogP) is 3.44. The summed E-state index contributed by atoms with van der Waals surface area (Å²) < 4.78 is 0.226. The summed E-state index contributed by atoms with van der Waals surface area (Å²) in [6, 6.07) is 0. The maximum absolute atomic E-state index is 4.82. The average molecular weight is 399 g/mol.